The summed E-state index contributed by atoms with van der Waals surface area (Å²) in [7, 11) is 1.90. The van der Waals surface area contributed by atoms with Gasteiger partial charge >= 0.3 is 0 Å². The van der Waals surface area contributed by atoms with Crippen LogP contribution in [0.1, 0.15) is 36.6 Å². The van der Waals surface area contributed by atoms with Gasteiger partial charge in [0.05, 0.1) is 11.7 Å². The standard InChI is InChI=1S/C22H25ClN6/c1-25-21-16(7-5-10-26-21)14-29-11-3-2-9-19(29)20-18(13-27-22(24)28-20)15-6-4-8-17(23)12-15/h4-8,10,12-13,19H,2-3,9,11,14H2,1H3,(H,25,26)(H2,24,27,28). The van der Waals surface area contributed by atoms with Gasteiger partial charge in [0.1, 0.15) is 5.82 Å². The minimum Gasteiger partial charge on any atom is -0.373 e. The zero-order valence-corrected chi connectivity index (χ0v) is 17.2. The number of nitrogens with two attached hydrogens (primary N) is 1. The Kier molecular flexibility index (Phi) is 5.92. The van der Waals surface area contributed by atoms with Crippen LogP contribution in [-0.2, 0) is 6.54 Å². The summed E-state index contributed by atoms with van der Waals surface area (Å²) in [5.74, 6) is 1.21. The fourth-order valence-electron chi connectivity index (χ4n) is 4.04. The van der Waals surface area contributed by atoms with Crippen molar-refractivity contribution in [2.45, 2.75) is 31.8 Å². The highest BCUT2D eigenvalue weighted by Crippen LogP contribution is 2.37. The lowest BCUT2D eigenvalue weighted by Crippen LogP contribution is -2.34. The molecule has 29 heavy (non-hydrogen) atoms. The fourth-order valence-corrected chi connectivity index (χ4v) is 4.23. The molecule has 0 radical (unpaired) electrons. The number of pyridine rings is 1. The molecule has 1 atom stereocenters. The number of hydrogen-bond acceptors (Lipinski definition) is 6. The molecule has 1 aromatic carbocycles. The molecule has 3 heterocycles. The van der Waals surface area contributed by atoms with Gasteiger partial charge in [0.15, 0.2) is 0 Å². The molecule has 0 bridgehead atoms. The first-order valence-corrected chi connectivity index (χ1v) is 10.3. The Morgan fingerprint density at radius 2 is 2.10 bits per heavy atom. The number of nitrogen functional groups attached to an aromatic ring is 1. The van der Waals surface area contributed by atoms with E-state index in [-0.39, 0.29) is 6.04 Å². The second-order valence-electron chi connectivity index (χ2n) is 7.28. The van der Waals surface area contributed by atoms with E-state index in [0.29, 0.717) is 11.0 Å². The maximum atomic E-state index is 6.24. The van der Waals surface area contributed by atoms with Crippen molar-refractivity contribution in [1.82, 2.24) is 19.9 Å². The number of anilines is 2. The lowest BCUT2D eigenvalue weighted by molar-refractivity contribution is 0.138. The Labute approximate surface area is 176 Å². The first kappa shape index (κ1) is 19.6. The van der Waals surface area contributed by atoms with Crippen molar-refractivity contribution in [2.24, 2.45) is 0 Å². The van der Waals surface area contributed by atoms with E-state index >= 15 is 0 Å². The maximum absolute atomic E-state index is 6.24. The quantitative estimate of drug-likeness (QED) is 0.645. The highest BCUT2D eigenvalue weighted by Gasteiger charge is 2.28. The van der Waals surface area contributed by atoms with Crippen molar-refractivity contribution in [3.05, 3.63) is 65.1 Å². The van der Waals surface area contributed by atoms with E-state index in [9.17, 15) is 0 Å². The minimum absolute atomic E-state index is 0.160. The van der Waals surface area contributed by atoms with Crippen LogP contribution in [0.15, 0.2) is 48.8 Å². The number of nitrogens with zero attached hydrogens (tertiary/aromatic N) is 4. The van der Waals surface area contributed by atoms with Gasteiger partial charge in [-0.05, 0) is 43.1 Å². The van der Waals surface area contributed by atoms with Crippen LogP contribution >= 0.6 is 11.6 Å². The van der Waals surface area contributed by atoms with E-state index in [0.717, 1.165) is 48.6 Å². The van der Waals surface area contributed by atoms with Crippen molar-refractivity contribution in [2.75, 3.05) is 24.6 Å². The van der Waals surface area contributed by atoms with Gasteiger partial charge < -0.3 is 11.1 Å². The molecule has 2 aromatic heterocycles. The largest absolute Gasteiger partial charge is 0.373 e. The Morgan fingerprint density at radius 1 is 1.21 bits per heavy atom. The third kappa shape index (κ3) is 4.33. The summed E-state index contributed by atoms with van der Waals surface area (Å²) in [6.45, 7) is 1.80. The number of likely N-dealkylation sites (tertiary alicyclic amines) is 1. The normalized spacial score (nSPS) is 17.2. The summed E-state index contributed by atoms with van der Waals surface area (Å²) in [6.07, 6.45) is 6.98. The topological polar surface area (TPSA) is 80.0 Å². The molecule has 1 unspecified atom stereocenters. The average molecular weight is 409 g/mol. The molecule has 7 heteroatoms. The molecule has 0 amide bonds. The molecule has 1 fully saturated rings. The average Bonchev–Trinajstić information content (AvgIpc) is 2.74. The molecule has 3 N–H and O–H groups in total. The summed E-state index contributed by atoms with van der Waals surface area (Å²) >= 11 is 6.24. The van der Waals surface area contributed by atoms with E-state index in [2.05, 4.69) is 31.2 Å². The third-order valence-electron chi connectivity index (χ3n) is 5.40. The van der Waals surface area contributed by atoms with E-state index in [1.807, 2.05) is 49.8 Å². The van der Waals surface area contributed by atoms with Gasteiger partial charge in [-0.15, -0.1) is 0 Å². The van der Waals surface area contributed by atoms with Crippen molar-refractivity contribution in [3.8, 4) is 11.1 Å². The molecule has 4 rings (SSSR count). The summed E-state index contributed by atoms with van der Waals surface area (Å²) in [5.41, 5.74) is 10.1. The van der Waals surface area contributed by atoms with E-state index in [1.54, 1.807) is 0 Å². The number of halogens is 1. The van der Waals surface area contributed by atoms with Gasteiger partial charge in [-0.25, -0.2) is 15.0 Å². The summed E-state index contributed by atoms with van der Waals surface area (Å²) in [4.78, 5) is 15.9. The molecular formula is C22H25ClN6. The van der Waals surface area contributed by atoms with Gasteiger partial charge in [-0.3, -0.25) is 4.90 Å². The van der Waals surface area contributed by atoms with Crippen LogP contribution in [-0.4, -0.2) is 33.4 Å². The lowest BCUT2D eigenvalue weighted by atomic mass is 9.93. The summed E-state index contributed by atoms with van der Waals surface area (Å²) < 4.78 is 0. The van der Waals surface area contributed by atoms with Crippen LogP contribution in [0.2, 0.25) is 5.02 Å². The zero-order chi connectivity index (χ0) is 20.2. The monoisotopic (exact) mass is 408 g/mol. The molecule has 1 aliphatic heterocycles. The highest BCUT2D eigenvalue weighted by atomic mass is 35.5. The Balaban J connectivity index is 1.73. The van der Waals surface area contributed by atoms with Crippen molar-refractivity contribution < 1.29 is 0 Å². The molecule has 0 saturated carbocycles. The van der Waals surface area contributed by atoms with Crippen LogP contribution in [0.3, 0.4) is 0 Å². The molecular weight excluding hydrogens is 384 g/mol. The molecule has 0 aliphatic carbocycles. The lowest BCUT2D eigenvalue weighted by Gasteiger charge is -2.36. The van der Waals surface area contributed by atoms with E-state index < -0.39 is 0 Å². The fraction of sp³-hybridized carbons (Fsp3) is 0.318. The second kappa shape index (κ2) is 8.76. The van der Waals surface area contributed by atoms with Crippen molar-refractivity contribution in [1.29, 1.82) is 0 Å². The predicted octanol–water partition coefficient (Wildman–Crippen LogP) is 4.54. The number of rotatable bonds is 5. The van der Waals surface area contributed by atoms with Crippen molar-refractivity contribution in [3.63, 3.8) is 0 Å². The van der Waals surface area contributed by atoms with Crippen LogP contribution in [0.25, 0.3) is 11.1 Å². The number of nitrogens with one attached hydrogen (secondary N) is 1. The first-order valence-electron chi connectivity index (χ1n) is 9.89. The van der Waals surface area contributed by atoms with Crippen LogP contribution in [0, 0.1) is 0 Å². The first-order chi connectivity index (χ1) is 14.2. The number of hydrogen-bond donors (Lipinski definition) is 2. The molecule has 1 aliphatic rings. The number of aromatic nitrogens is 3. The molecule has 6 nitrogen and oxygen atoms in total. The smallest absolute Gasteiger partial charge is 0.220 e. The Morgan fingerprint density at radius 3 is 2.93 bits per heavy atom. The molecule has 0 spiro atoms. The SMILES string of the molecule is CNc1ncccc1CN1CCCCC1c1nc(N)ncc1-c1cccc(Cl)c1. The predicted molar refractivity (Wildman–Crippen MR) is 118 cm³/mol. The summed E-state index contributed by atoms with van der Waals surface area (Å²) in [5, 5.41) is 3.89. The van der Waals surface area contributed by atoms with E-state index in [4.69, 9.17) is 17.3 Å². The van der Waals surface area contributed by atoms with Gasteiger partial charge in [-0.1, -0.05) is 36.2 Å². The van der Waals surface area contributed by atoms with Crippen LogP contribution in [0.4, 0.5) is 11.8 Å². The highest BCUT2D eigenvalue weighted by molar-refractivity contribution is 6.30. The minimum atomic E-state index is 0.160. The van der Waals surface area contributed by atoms with Gasteiger partial charge in [0.2, 0.25) is 5.95 Å². The number of benzene rings is 1. The van der Waals surface area contributed by atoms with Gasteiger partial charge in [-0.2, -0.15) is 0 Å². The van der Waals surface area contributed by atoms with Crippen LogP contribution < -0.4 is 11.1 Å². The zero-order valence-electron chi connectivity index (χ0n) is 16.5. The molecule has 150 valence electrons. The molecule has 1 saturated heterocycles. The molecule has 3 aromatic rings. The second-order valence-corrected chi connectivity index (χ2v) is 7.72. The van der Waals surface area contributed by atoms with Gasteiger partial charge in [0, 0.05) is 42.1 Å². The van der Waals surface area contributed by atoms with Crippen molar-refractivity contribution >= 4 is 23.4 Å². The summed E-state index contributed by atoms with van der Waals surface area (Å²) in [6, 6.07) is 12.1. The van der Waals surface area contributed by atoms with Crippen LogP contribution in [0.5, 0.6) is 0 Å². The maximum Gasteiger partial charge on any atom is 0.220 e. The van der Waals surface area contributed by atoms with Gasteiger partial charge in [0.25, 0.3) is 0 Å². The number of piperidine rings is 1. The Bertz CT molecular complexity index is 993. The van der Waals surface area contributed by atoms with E-state index in [1.165, 1.54) is 12.0 Å². The third-order valence-corrected chi connectivity index (χ3v) is 5.64. The Hall–Kier alpha value is -2.70.